The molecule has 1 saturated carbocycles. The maximum Gasteiger partial charge on any atom is 0.270 e. The van der Waals surface area contributed by atoms with Crippen LogP contribution in [0.3, 0.4) is 0 Å². The second-order valence-electron chi connectivity index (χ2n) is 8.05. The molecule has 3 aromatic rings. The number of aryl methyl sites for hydroxylation is 2. The van der Waals surface area contributed by atoms with Crippen molar-refractivity contribution in [2.24, 2.45) is 11.0 Å². The summed E-state index contributed by atoms with van der Waals surface area (Å²) in [5.41, 5.74) is 7.36. The van der Waals surface area contributed by atoms with Crippen molar-refractivity contribution in [2.75, 3.05) is 0 Å². The highest BCUT2D eigenvalue weighted by Crippen LogP contribution is 2.59. The van der Waals surface area contributed by atoms with Crippen molar-refractivity contribution in [2.45, 2.75) is 25.7 Å². The van der Waals surface area contributed by atoms with Gasteiger partial charge < -0.3 is 0 Å². The summed E-state index contributed by atoms with van der Waals surface area (Å²) in [7, 11) is 0. The van der Waals surface area contributed by atoms with Crippen LogP contribution in [-0.2, 0) is 10.2 Å². The fourth-order valence-electron chi connectivity index (χ4n) is 4.05. The normalized spacial score (nSPS) is 16.8. The molecule has 156 valence electrons. The van der Waals surface area contributed by atoms with E-state index in [1.54, 1.807) is 12.1 Å². The topological polar surface area (TPSA) is 84.6 Å². The van der Waals surface area contributed by atoms with Crippen LogP contribution in [0.5, 0.6) is 0 Å². The summed E-state index contributed by atoms with van der Waals surface area (Å²) in [5.74, 6) is -0.400. The summed E-state index contributed by atoms with van der Waals surface area (Å²) >= 11 is 0. The summed E-state index contributed by atoms with van der Waals surface area (Å²) in [6.45, 7) is 4.09. The lowest BCUT2D eigenvalue weighted by molar-refractivity contribution is -0.384. The highest BCUT2D eigenvalue weighted by atomic mass is 16.6. The Morgan fingerprint density at radius 3 is 2.16 bits per heavy atom. The smallest absolute Gasteiger partial charge is 0.270 e. The van der Waals surface area contributed by atoms with E-state index < -0.39 is 4.92 Å². The molecule has 31 heavy (non-hydrogen) atoms. The first-order valence-electron chi connectivity index (χ1n) is 10.1. The van der Waals surface area contributed by atoms with Crippen molar-refractivity contribution >= 4 is 17.8 Å². The Kier molecular flexibility index (Phi) is 5.38. The first-order valence-corrected chi connectivity index (χ1v) is 10.1. The number of nitrogens with zero attached hydrogens (tertiary/aromatic N) is 2. The van der Waals surface area contributed by atoms with Crippen LogP contribution >= 0.6 is 0 Å². The van der Waals surface area contributed by atoms with Gasteiger partial charge in [0.2, 0.25) is 5.91 Å². The molecule has 1 N–H and O–H groups in total. The molecule has 3 aromatic carbocycles. The van der Waals surface area contributed by atoms with E-state index in [2.05, 4.69) is 59.1 Å². The Bertz CT molecular complexity index is 1110. The second-order valence-corrected chi connectivity index (χ2v) is 8.05. The lowest BCUT2D eigenvalue weighted by Gasteiger charge is -2.19. The number of carbonyl (C=O) groups is 1. The van der Waals surface area contributed by atoms with Gasteiger partial charge in [-0.2, -0.15) is 5.10 Å². The Labute approximate surface area is 180 Å². The van der Waals surface area contributed by atoms with Gasteiger partial charge >= 0.3 is 0 Å². The quantitative estimate of drug-likeness (QED) is 0.362. The van der Waals surface area contributed by atoms with Gasteiger partial charge in [0.25, 0.3) is 5.69 Å². The van der Waals surface area contributed by atoms with E-state index >= 15 is 0 Å². The summed E-state index contributed by atoms with van der Waals surface area (Å²) in [5, 5.41) is 14.9. The third kappa shape index (κ3) is 4.10. The summed E-state index contributed by atoms with van der Waals surface area (Å²) in [6.07, 6.45) is 2.13. The first-order chi connectivity index (χ1) is 14.9. The molecule has 0 radical (unpaired) electrons. The van der Waals surface area contributed by atoms with Crippen LogP contribution in [0, 0.1) is 29.9 Å². The van der Waals surface area contributed by atoms with Crippen molar-refractivity contribution in [1.29, 1.82) is 0 Å². The lowest BCUT2D eigenvalue weighted by atomic mass is 9.85. The number of rotatable bonds is 6. The summed E-state index contributed by atoms with van der Waals surface area (Å²) in [4.78, 5) is 23.4. The standard InChI is InChI=1S/C25H23N3O3/c1-17-6-10-20(11-7-17)25(21-12-8-18(2)9-13-21)15-23(25)24(29)27-26-16-19-4-3-5-22(14-19)28(30)31/h3-14,16,23H,15H2,1-2H3,(H,27,29)/b26-16+. The number of hydrogen-bond acceptors (Lipinski definition) is 4. The number of amides is 1. The number of carbonyl (C=O) groups excluding carboxylic acids is 1. The molecular weight excluding hydrogens is 390 g/mol. The molecule has 1 unspecified atom stereocenters. The van der Waals surface area contributed by atoms with Crippen LogP contribution in [-0.4, -0.2) is 17.0 Å². The molecule has 0 spiro atoms. The van der Waals surface area contributed by atoms with E-state index in [1.165, 1.54) is 29.5 Å². The van der Waals surface area contributed by atoms with Crippen molar-refractivity contribution in [3.05, 3.63) is 111 Å². The van der Waals surface area contributed by atoms with Gasteiger partial charge in [0.05, 0.1) is 17.1 Å². The van der Waals surface area contributed by atoms with Crippen LogP contribution in [0.15, 0.2) is 77.9 Å². The minimum absolute atomic E-state index is 0.0183. The zero-order valence-corrected chi connectivity index (χ0v) is 17.4. The van der Waals surface area contributed by atoms with Gasteiger partial charge in [-0.3, -0.25) is 14.9 Å². The van der Waals surface area contributed by atoms with Gasteiger partial charge in [-0.1, -0.05) is 71.8 Å². The Hall–Kier alpha value is -3.80. The zero-order chi connectivity index (χ0) is 22.0. The van der Waals surface area contributed by atoms with Gasteiger partial charge in [0.15, 0.2) is 0 Å². The van der Waals surface area contributed by atoms with Gasteiger partial charge in [-0.25, -0.2) is 5.43 Å². The fourth-order valence-corrected chi connectivity index (χ4v) is 4.05. The molecule has 6 heteroatoms. The van der Waals surface area contributed by atoms with E-state index in [0.717, 1.165) is 11.1 Å². The van der Waals surface area contributed by atoms with Crippen LogP contribution in [0.4, 0.5) is 5.69 Å². The number of non-ortho nitro benzene ring substituents is 1. The summed E-state index contributed by atoms with van der Waals surface area (Å²) < 4.78 is 0. The van der Waals surface area contributed by atoms with E-state index in [1.807, 2.05) is 13.8 Å². The summed E-state index contributed by atoms with van der Waals surface area (Å²) in [6, 6.07) is 22.8. The van der Waals surface area contributed by atoms with Gasteiger partial charge in [-0.15, -0.1) is 0 Å². The minimum Gasteiger partial charge on any atom is -0.273 e. The van der Waals surface area contributed by atoms with Crippen LogP contribution in [0.2, 0.25) is 0 Å². The zero-order valence-electron chi connectivity index (χ0n) is 17.4. The number of nitrogens with one attached hydrogen (secondary N) is 1. The SMILES string of the molecule is Cc1ccc(C2(c3ccc(C)cc3)CC2C(=O)N/N=C/c2cccc([N+](=O)[O-])c2)cc1. The Morgan fingerprint density at radius 1 is 1.03 bits per heavy atom. The molecule has 1 atom stereocenters. The fraction of sp³-hybridized carbons (Fsp3) is 0.200. The molecule has 1 aliphatic rings. The number of nitro groups is 1. The largest absolute Gasteiger partial charge is 0.273 e. The van der Waals surface area contributed by atoms with Crippen LogP contribution in [0.25, 0.3) is 0 Å². The van der Waals surface area contributed by atoms with Gasteiger partial charge in [0, 0.05) is 23.1 Å². The van der Waals surface area contributed by atoms with E-state index in [9.17, 15) is 14.9 Å². The number of hydrogen-bond donors (Lipinski definition) is 1. The minimum atomic E-state index is -0.461. The molecule has 0 heterocycles. The molecule has 1 fully saturated rings. The molecular formula is C25H23N3O3. The number of nitro benzene ring substituents is 1. The molecule has 0 bridgehead atoms. The molecule has 0 saturated heterocycles. The maximum absolute atomic E-state index is 12.9. The monoisotopic (exact) mass is 413 g/mol. The Balaban J connectivity index is 1.55. The molecule has 1 amide bonds. The Morgan fingerprint density at radius 2 is 1.61 bits per heavy atom. The molecule has 1 aliphatic carbocycles. The average Bonchev–Trinajstić information content (AvgIpc) is 3.52. The van der Waals surface area contributed by atoms with E-state index in [4.69, 9.17) is 0 Å². The van der Waals surface area contributed by atoms with Crippen molar-refractivity contribution < 1.29 is 9.72 Å². The van der Waals surface area contributed by atoms with Gasteiger partial charge in [-0.05, 0) is 31.4 Å². The average molecular weight is 413 g/mol. The van der Waals surface area contributed by atoms with E-state index in [0.29, 0.717) is 12.0 Å². The molecule has 4 rings (SSSR count). The van der Waals surface area contributed by atoms with Crippen molar-refractivity contribution in [3.8, 4) is 0 Å². The highest BCUT2D eigenvalue weighted by Gasteiger charge is 2.60. The number of benzene rings is 3. The van der Waals surface area contributed by atoms with Crippen molar-refractivity contribution in [1.82, 2.24) is 5.43 Å². The van der Waals surface area contributed by atoms with Gasteiger partial charge in [0.1, 0.15) is 0 Å². The van der Waals surface area contributed by atoms with Crippen LogP contribution in [0.1, 0.15) is 34.2 Å². The molecule has 0 aliphatic heterocycles. The lowest BCUT2D eigenvalue weighted by Crippen LogP contribution is -2.25. The number of hydrazone groups is 1. The van der Waals surface area contributed by atoms with E-state index in [-0.39, 0.29) is 22.9 Å². The molecule has 6 nitrogen and oxygen atoms in total. The van der Waals surface area contributed by atoms with Crippen molar-refractivity contribution in [3.63, 3.8) is 0 Å². The third-order valence-electron chi connectivity index (χ3n) is 5.88. The first kappa shape index (κ1) is 20.5. The maximum atomic E-state index is 12.9. The van der Waals surface area contributed by atoms with Crippen LogP contribution < -0.4 is 5.43 Å². The predicted octanol–water partition coefficient (Wildman–Crippen LogP) is 4.67. The highest BCUT2D eigenvalue weighted by molar-refractivity contribution is 5.88. The molecule has 0 aromatic heterocycles. The second kappa shape index (κ2) is 8.14. The predicted molar refractivity (Wildman–Crippen MR) is 120 cm³/mol. The third-order valence-corrected chi connectivity index (χ3v) is 5.88.